The number of para-hydroxylation sites is 1. The predicted molar refractivity (Wildman–Crippen MR) is 89.0 cm³/mol. The molecular weight excluding hydrogens is 304 g/mol. The van der Waals surface area contributed by atoms with Crippen molar-refractivity contribution in [2.75, 3.05) is 26.3 Å². The van der Waals surface area contributed by atoms with Gasteiger partial charge in [0, 0.05) is 26.3 Å². The van der Waals surface area contributed by atoms with Crippen molar-refractivity contribution in [3.8, 4) is 5.69 Å². The Morgan fingerprint density at radius 3 is 2.54 bits per heavy atom. The first-order valence-electron chi connectivity index (χ1n) is 8.59. The third-order valence-corrected chi connectivity index (χ3v) is 5.46. The first-order valence-corrected chi connectivity index (χ1v) is 8.59. The summed E-state index contributed by atoms with van der Waals surface area (Å²) < 4.78 is 7.15. The van der Waals surface area contributed by atoms with Crippen molar-refractivity contribution in [2.45, 2.75) is 25.7 Å². The number of carbonyl (C=O) groups is 1. The van der Waals surface area contributed by atoms with Crippen LogP contribution in [0.15, 0.2) is 36.9 Å². The van der Waals surface area contributed by atoms with Crippen molar-refractivity contribution < 1.29 is 9.53 Å². The lowest BCUT2D eigenvalue weighted by Gasteiger charge is -2.44. The third-order valence-electron chi connectivity index (χ3n) is 5.46. The maximum Gasteiger partial charge on any atom is 0.256 e. The van der Waals surface area contributed by atoms with E-state index in [2.05, 4.69) is 10.1 Å². The number of ether oxygens (including phenoxy) is 1. The van der Waals surface area contributed by atoms with Gasteiger partial charge in [0.05, 0.1) is 11.3 Å². The Hall–Kier alpha value is -2.21. The van der Waals surface area contributed by atoms with Gasteiger partial charge in [-0.15, -0.1) is 0 Å². The Balaban J connectivity index is 1.51. The highest BCUT2D eigenvalue weighted by Gasteiger charge is 2.37. The van der Waals surface area contributed by atoms with E-state index >= 15 is 0 Å². The van der Waals surface area contributed by atoms with Crippen LogP contribution in [0, 0.1) is 5.41 Å². The molecule has 126 valence electrons. The molecule has 0 unspecified atom stereocenters. The van der Waals surface area contributed by atoms with Crippen LogP contribution in [0.1, 0.15) is 36.0 Å². The summed E-state index contributed by atoms with van der Waals surface area (Å²) in [6.45, 7) is 3.38. The van der Waals surface area contributed by atoms with Crippen LogP contribution in [0.5, 0.6) is 0 Å². The minimum Gasteiger partial charge on any atom is -0.381 e. The highest BCUT2D eigenvalue weighted by Crippen LogP contribution is 2.40. The van der Waals surface area contributed by atoms with Crippen LogP contribution in [0.4, 0.5) is 0 Å². The molecule has 2 saturated heterocycles. The normalized spacial score (nSPS) is 20.2. The fraction of sp³-hybridized carbons (Fsp3) is 0.500. The van der Waals surface area contributed by atoms with Crippen LogP contribution in [0.25, 0.3) is 5.69 Å². The van der Waals surface area contributed by atoms with Gasteiger partial charge in [0.15, 0.2) is 0 Å². The number of hydrogen-bond donors (Lipinski definition) is 0. The van der Waals surface area contributed by atoms with Gasteiger partial charge in [0.25, 0.3) is 5.91 Å². The molecule has 6 heteroatoms. The summed E-state index contributed by atoms with van der Waals surface area (Å²) in [7, 11) is 0. The highest BCUT2D eigenvalue weighted by atomic mass is 16.5. The van der Waals surface area contributed by atoms with Gasteiger partial charge in [-0.2, -0.15) is 5.10 Å². The summed E-state index contributed by atoms with van der Waals surface area (Å²) in [6, 6.07) is 7.60. The van der Waals surface area contributed by atoms with Crippen LogP contribution < -0.4 is 0 Å². The monoisotopic (exact) mass is 326 g/mol. The molecule has 2 aromatic rings. The SMILES string of the molecule is O=C(c1ccccc1-n1cncn1)N1CCC2(CCOCC2)CC1. The standard InChI is InChI=1S/C18H22N4O2/c23-17(15-3-1-2-4-16(15)22-14-19-13-20-22)21-9-5-18(6-10-21)7-11-24-12-8-18/h1-4,13-14H,5-12H2. The zero-order chi connectivity index (χ0) is 16.4. The molecule has 0 atom stereocenters. The van der Waals surface area contributed by atoms with Crippen LogP contribution in [0.2, 0.25) is 0 Å². The Kier molecular flexibility index (Phi) is 4.06. The number of benzene rings is 1. The van der Waals surface area contributed by atoms with Crippen molar-refractivity contribution in [3.63, 3.8) is 0 Å². The van der Waals surface area contributed by atoms with Gasteiger partial charge in [0.1, 0.15) is 12.7 Å². The van der Waals surface area contributed by atoms with E-state index in [0.29, 0.717) is 11.0 Å². The molecule has 24 heavy (non-hydrogen) atoms. The van der Waals surface area contributed by atoms with Crippen molar-refractivity contribution in [1.29, 1.82) is 0 Å². The van der Waals surface area contributed by atoms with Gasteiger partial charge in [-0.3, -0.25) is 4.79 Å². The first-order chi connectivity index (χ1) is 11.8. The van der Waals surface area contributed by atoms with Crippen LogP contribution in [0.3, 0.4) is 0 Å². The fourth-order valence-electron chi connectivity index (χ4n) is 3.85. The highest BCUT2D eigenvalue weighted by molar-refractivity contribution is 5.97. The first kappa shape index (κ1) is 15.3. The lowest BCUT2D eigenvalue weighted by Crippen LogP contribution is -2.45. The molecule has 0 aliphatic carbocycles. The Morgan fingerprint density at radius 2 is 1.83 bits per heavy atom. The largest absolute Gasteiger partial charge is 0.381 e. The molecule has 6 nitrogen and oxygen atoms in total. The van der Waals surface area contributed by atoms with Gasteiger partial charge in [0.2, 0.25) is 0 Å². The molecule has 0 N–H and O–H groups in total. The van der Waals surface area contributed by atoms with Crippen LogP contribution in [-0.2, 0) is 4.74 Å². The van der Waals surface area contributed by atoms with E-state index in [1.54, 1.807) is 11.0 Å². The van der Waals surface area contributed by atoms with Crippen molar-refractivity contribution in [1.82, 2.24) is 19.7 Å². The molecular formula is C18H22N4O2. The van der Waals surface area contributed by atoms with E-state index in [0.717, 1.165) is 57.7 Å². The molecule has 1 aromatic carbocycles. The molecule has 0 bridgehead atoms. The van der Waals surface area contributed by atoms with Crippen molar-refractivity contribution in [2.24, 2.45) is 5.41 Å². The van der Waals surface area contributed by atoms with E-state index in [4.69, 9.17) is 4.74 Å². The number of rotatable bonds is 2. The third kappa shape index (κ3) is 2.82. The molecule has 4 rings (SSSR count). The van der Waals surface area contributed by atoms with E-state index < -0.39 is 0 Å². The van der Waals surface area contributed by atoms with E-state index in [1.807, 2.05) is 29.2 Å². The summed E-state index contributed by atoms with van der Waals surface area (Å²) >= 11 is 0. The quantitative estimate of drug-likeness (QED) is 0.849. The molecule has 2 aliphatic heterocycles. The number of likely N-dealkylation sites (tertiary alicyclic amines) is 1. The van der Waals surface area contributed by atoms with Gasteiger partial charge >= 0.3 is 0 Å². The number of aromatic nitrogens is 3. The summed E-state index contributed by atoms with van der Waals surface area (Å²) in [6.07, 6.45) is 7.52. The molecule has 0 saturated carbocycles. The lowest BCUT2D eigenvalue weighted by molar-refractivity contribution is -0.0175. The second kappa shape index (κ2) is 6.36. The Morgan fingerprint density at radius 1 is 1.08 bits per heavy atom. The number of carbonyl (C=O) groups excluding carboxylic acids is 1. The topological polar surface area (TPSA) is 60.2 Å². The smallest absolute Gasteiger partial charge is 0.256 e. The average Bonchev–Trinajstić information content (AvgIpc) is 3.17. The van der Waals surface area contributed by atoms with Gasteiger partial charge in [-0.1, -0.05) is 12.1 Å². The molecule has 1 spiro atoms. The minimum atomic E-state index is 0.0861. The van der Waals surface area contributed by atoms with Crippen LogP contribution >= 0.6 is 0 Å². The molecule has 1 aromatic heterocycles. The van der Waals surface area contributed by atoms with E-state index in [-0.39, 0.29) is 5.91 Å². The van der Waals surface area contributed by atoms with Gasteiger partial charge in [-0.05, 0) is 43.2 Å². The molecule has 2 aliphatic rings. The maximum atomic E-state index is 13.0. The predicted octanol–water partition coefficient (Wildman–Crippen LogP) is 2.30. The number of nitrogens with zero attached hydrogens (tertiary/aromatic N) is 4. The summed E-state index contributed by atoms with van der Waals surface area (Å²) in [5, 5.41) is 4.16. The van der Waals surface area contributed by atoms with Crippen LogP contribution in [-0.4, -0.2) is 51.9 Å². The zero-order valence-electron chi connectivity index (χ0n) is 13.7. The second-order valence-electron chi connectivity index (χ2n) is 6.76. The molecule has 2 fully saturated rings. The number of hydrogen-bond acceptors (Lipinski definition) is 4. The van der Waals surface area contributed by atoms with Gasteiger partial charge in [-0.25, -0.2) is 9.67 Å². The van der Waals surface area contributed by atoms with Crippen molar-refractivity contribution >= 4 is 5.91 Å². The average molecular weight is 326 g/mol. The maximum absolute atomic E-state index is 13.0. The Labute approximate surface area is 141 Å². The van der Waals surface area contributed by atoms with Gasteiger partial charge < -0.3 is 9.64 Å². The summed E-state index contributed by atoms with van der Waals surface area (Å²) in [4.78, 5) is 19.0. The summed E-state index contributed by atoms with van der Waals surface area (Å²) in [5.74, 6) is 0.0861. The van der Waals surface area contributed by atoms with E-state index in [1.165, 1.54) is 6.33 Å². The summed E-state index contributed by atoms with van der Waals surface area (Å²) in [5.41, 5.74) is 1.86. The molecule has 1 amide bonds. The molecule has 0 radical (unpaired) electrons. The zero-order valence-corrected chi connectivity index (χ0v) is 13.7. The lowest BCUT2D eigenvalue weighted by atomic mass is 9.72. The second-order valence-corrected chi connectivity index (χ2v) is 6.76. The fourth-order valence-corrected chi connectivity index (χ4v) is 3.85. The Bertz CT molecular complexity index is 698. The van der Waals surface area contributed by atoms with E-state index in [9.17, 15) is 4.79 Å². The number of piperidine rings is 1. The molecule has 3 heterocycles. The number of amides is 1. The minimum absolute atomic E-state index is 0.0861. The van der Waals surface area contributed by atoms with Crippen molar-refractivity contribution in [3.05, 3.63) is 42.5 Å².